The second kappa shape index (κ2) is 5.68. The summed E-state index contributed by atoms with van der Waals surface area (Å²) in [6, 6.07) is 14.9. The summed E-state index contributed by atoms with van der Waals surface area (Å²) in [5, 5.41) is 0. The quantitative estimate of drug-likeness (QED) is 0.818. The molecule has 5 heteroatoms. The lowest BCUT2D eigenvalue weighted by atomic mass is 10.1. The first kappa shape index (κ1) is 15.0. The van der Waals surface area contributed by atoms with E-state index in [1.807, 2.05) is 18.2 Å². The van der Waals surface area contributed by atoms with Gasteiger partial charge in [-0.15, -0.1) is 0 Å². The van der Waals surface area contributed by atoms with Gasteiger partial charge in [0.25, 0.3) is 11.8 Å². The van der Waals surface area contributed by atoms with Crippen LogP contribution >= 0.6 is 0 Å². The van der Waals surface area contributed by atoms with Gasteiger partial charge in [0.15, 0.2) is 0 Å². The Morgan fingerprint density at radius 2 is 1.39 bits per heavy atom. The first-order chi connectivity index (χ1) is 11.0. The van der Waals surface area contributed by atoms with Crippen molar-refractivity contribution in [2.75, 3.05) is 11.9 Å². The molecule has 2 aromatic rings. The zero-order chi connectivity index (χ0) is 16.6. The summed E-state index contributed by atoms with van der Waals surface area (Å²) in [5.41, 5.74) is 1.40. The van der Waals surface area contributed by atoms with Crippen LogP contribution in [0.25, 0.3) is 0 Å². The van der Waals surface area contributed by atoms with Crippen molar-refractivity contribution in [2.45, 2.75) is 13.0 Å². The Morgan fingerprint density at radius 3 is 1.91 bits per heavy atom. The number of likely N-dealkylation sites (N-methyl/N-ethyl adjacent to an activating group) is 1. The minimum absolute atomic E-state index is 0.314. The standard InChI is InChI=1S/C18H16N2O3/c1-12(16(21)19(2)13-8-4-3-5-9-13)20-17(22)14-10-6-7-11-15(14)18(20)23/h3-12H,1-2H3/t12-/m0/s1. The second-order valence-electron chi connectivity index (χ2n) is 5.43. The number of benzene rings is 2. The topological polar surface area (TPSA) is 57.7 Å². The van der Waals surface area contributed by atoms with Crippen LogP contribution in [0.2, 0.25) is 0 Å². The molecule has 1 aliphatic heterocycles. The summed E-state index contributed by atoms with van der Waals surface area (Å²) in [6.07, 6.45) is 0. The average molecular weight is 308 g/mol. The van der Waals surface area contributed by atoms with Gasteiger partial charge in [-0.25, -0.2) is 0 Å². The smallest absolute Gasteiger partial charge is 0.262 e. The van der Waals surface area contributed by atoms with Gasteiger partial charge >= 0.3 is 0 Å². The number of carbonyl (C=O) groups is 3. The van der Waals surface area contributed by atoms with Crippen molar-refractivity contribution in [3.8, 4) is 0 Å². The molecule has 5 nitrogen and oxygen atoms in total. The summed E-state index contributed by atoms with van der Waals surface area (Å²) in [7, 11) is 1.63. The summed E-state index contributed by atoms with van der Waals surface area (Å²) in [4.78, 5) is 40.0. The molecule has 3 amide bonds. The van der Waals surface area contributed by atoms with Crippen molar-refractivity contribution in [2.24, 2.45) is 0 Å². The van der Waals surface area contributed by atoms with Gasteiger partial charge in [-0.1, -0.05) is 30.3 Å². The van der Waals surface area contributed by atoms with Crippen LogP contribution in [-0.4, -0.2) is 35.7 Å². The Hall–Kier alpha value is -2.95. The van der Waals surface area contributed by atoms with Crippen molar-refractivity contribution in [3.05, 3.63) is 65.7 Å². The fraction of sp³-hybridized carbons (Fsp3) is 0.167. The predicted octanol–water partition coefficient (Wildman–Crippen LogP) is 2.33. The number of amides is 3. The Bertz CT molecular complexity index is 751. The second-order valence-corrected chi connectivity index (χ2v) is 5.43. The van der Waals surface area contributed by atoms with Crippen LogP contribution in [0.5, 0.6) is 0 Å². The number of anilines is 1. The summed E-state index contributed by atoms with van der Waals surface area (Å²) in [5.74, 6) is -1.16. The molecule has 2 aromatic carbocycles. The fourth-order valence-electron chi connectivity index (χ4n) is 2.73. The molecule has 0 saturated carbocycles. The molecule has 0 fully saturated rings. The Labute approximate surface area is 134 Å². The Morgan fingerprint density at radius 1 is 0.913 bits per heavy atom. The van der Waals surface area contributed by atoms with E-state index in [-0.39, 0.29) is 5.91 Å². The van der Waals surface area contributed by atoms with Crippen molar-refractivity contribution in [1.29, 1.82) is 0 Å². The van der Waals surface area contributed by atoms with E-state index in [0.29, 0.717) is 16.8 Å². The van der Waals surface area contributed by atoms with Gasteiger partial charge < -0.3 is 4.90 Å². The van der Waals surface area contributed by atoms with Crippen LogP contribution in [0.1, 0.15) is 27.6 Å². The normalized spacial score (nSPS) is 14.6. The molecular weight excluding hydrogens is 292 g/mol. The minimum atomic E-state index is -0.868. The van der Waals surface area contributed by atoms with Gasteiger partial charge in [0, 0.05) is 12.7 Å². The summed E-state index contributed by atoms with van der Waals surface area (Å²) in [6.45, 7) is 1.57. The van der Waals surface area contributed by atoms with Crippen LogP contribution in [0.4, 0.5) is 5.69 Å². The molecule has 0 bridgehead atoms. The van der Waals surface area contributed by atoms with E-state index in [1.165, 1.54) is 4.90 Å². The fourth-order valence-corrected chi connectivity index (χ4v) is 2.73. The van der Waals surface area contributed by atoms with Gasteiger partial charge in [-0.05, 0) is 31.2 Å². The maximum atomic E-state index is 12.7. The van der Waals surface area contributed by atoms with Crippen LogP contribution in [0.15, 0.2) is 54.6 Å². The first-order valence-corrected chi connectivity index (χ1v) is 7.32. The number of imide groups is 1. The zero-order valence-electron chi connectivity index (χ0n) is 12.9. The maximum Gasteiger partial charge on any atom is 0.262 e. The van der Waals surface area contributed by atoms with Crippen LogP contribution in [0, 0.1) is 0 Å². The van der Waals surface area contributed by atoms with E-state index in [1.54, 1.807) is 50.4 Å². The van der Waals surface area contributed by atoms with Gasteiger partial charge in [-0.3, -0.25) is 19.3 Å². The molecular formula is C18H16N2O3. The largest absolute Gasteiger partial charge is 0.314 e. The van der Waals surface area contributed by atoms with Crippen LogP contribution in [-0.2, 0) is 4.79 Å². The van der Waals surface area contributed by atoms with Crippen molar-refractivity contribution < 1.29 is 14.4 Å². The van der Waals surface area contributed by atoms with Crippen LogP contribution < -0.4 is 4.90 Å². The molecule has 0 N–H and O–H groups in total. The number of hydrogen-bond acceptors (Lipinski definition) is 3. The molecule has 0 radical (unpaired) electrons. The van der Waals surface area contributed by atoms with Crippen LogP contribution in [0.3, 0.4) is 0 Å². The summed E-state index contributed by atoms with van der Waals surface area (Å²) < 4.78 is 0. The molecule has 0 aromatic heterocycles. The third kappa shape index (κ3) is 2.40. The molecule has 23 heavy (non-hydrogen) atoms. The molecule has 0 saturated heterocycles. The highest BCUT2D eigenvalue weighted by molar-refractivity contribution is 6.23. The van der Waals surface area contributed by atoms with E-state index in [9.17, 15) is 14.4 Å². The molecule has 1 atom stereocenters. The highest BCUT2D eigenvalue weighted by Crippen LogP contribution is 2.25. The Kier molecular flexibility index (Phi) is 3.70. The van der Waals surface area contributed by atoms with Gasteiger partial charge in [0.1, 0.15) is 6.04 Å². The number of rotatable bonds is 3. The molecule has 116 valence electrons. The van der Waals surface area contributed by atoms with E-state index in [2.05, 4.69) is 0 Å². The van der Waals surface area contributed by atoms with Crippen molar-refractivity contribution >= 4 is 23.4 Å². The maximum absolute atomic E-state index is 12.7. The number of fused-ring (bicyclic) bond motifs is 1. The number of carbonyl (C=O) groups excluding carboxylic acids is 3. The first-order valence-electron chi connectivity index (χ1n) is 7.32. The van der Waals surface area contributed by atoms with Gasteiger partial charge in [0.05, 0.1) is 11.1 Å². The SMILES string of the molecule is C[C@@H](C(=O)N(C)c1ccccc1)N1C(=O)c2ccccc2C1=O. The average Bonchev–Trinajstić information content (AvgIpc) is 2.85. The lowest BCUT2D eigenvalue weighted by Gasteiger charge is -2.26. The molecule has 3 rings (SSSR count). The number of para-hydroxylation sites is 1. The molecule has 0 spiro atoms. The highest BCUT2D eigenvalue weighted by Gasteiger charge is 2.41. The lowest BCUT2D eigenvalue weighted by Crippen LogP contribution is -2.48. The van der Waals surface area contributed by atoms with E-state index >= 15 is 0 Å². The molecule has 1 aliphatic rings. The third-order valence-electron chi connectivity index (χ3n) is 4.04. The molecule has 0 aliphatic carbocycles. The van der Waals surface area contributed by atoms with E-state index in [0.717, 1.165) is 4.90 Å². The number of hydrogen-bond donors (Lipinski definition) is 0. The minimum Gasteiger partial charge on any atom is -0.314 e. The molecule has 1 heterocycles. The van der Waals surface area contributed by atoms with E-state index in [4.69, 9.17) is 0 Å². The summed E-state index contributed by atoms with van der Waals surface area (Å²) >= 11 is 0. The van der Waals surface area contributed by atoms with Crippen molar-refractivity contribution in [3.63, 3.8) is 0 Å². The number of nitrogens with zero attached hydrogens (tertiary/aromatic N) is 2. The zero-order valence-corrected chi connectivity index (χ0v) is 12.9. The van der Waals surface area contributed by atoms with Gasteiger partial charge in [0.2, 0.25) is 5.91 Å². The van der Waals surface area contributed by atoms with Crippen molar-refractivity contribution in [1.82, 2.24) is 4.90 Å². The highest BCUT2D eigenvalue weighted by atomic mass is 16.2. The monoisotopic (exact) mass is 308 g/mol. The lowest BCUT2D eigenvalue weighted by molar-refractivity contribution is -0.121. The third-order valence-corrected chi connectivity index (χ3v) is 4.04. The molecule has 0 unspecified atom stereocenters. The van der Waals surface area contributed by atoms with E-state index < -0.39 is 17.9 Å². The Balaban J connectivity index is 1.87. The predicted molar refractivity (Wildman–Crippen MR) is 86.3 cm³/mol. The van der Waals surface area contributed by atoms with Gasteiger partial charge in [-0.2, -0.15) is 0 Å².